The second-order valence-electron chi connectivity index (χ2n) is 6.75. The minimum atomic E-state index is -0.359. The van der Waals surface area contributed by atoms with Gasteiger partial charge >= 0.3 is 0 Å². The highest BCUT2D eigenvalue weighted by atomic mass is 16.1. The Morgan fingerprint density at radius 1 is 1.07 bits per heavy atom. The smallest absolute Gasteiger partial charge is 0.274 e. The number of carbonyl (C=O) groups is 1. The Kier molecular flexibility index (Phi) is 5.97. The number of nitrogens with zero attached hydrogens (tertiary/aromatic N) is 3. The van der Waals surface area contributed by atoms with Crippen molar-refractivity contribution in [2.75, 3.05) is 17.2 Å². The fourth-order valence-corrected chi connectivity index (χ4v) is 2.54. The Bertz CT molecular complexity index is 1010. The molecule has 0 atom stereocenters. The Morgan fingerprint density at radius 2 is 1.86 bits per heavy atom. The lowest BCUT2D eigenvalue weighted by molar-refractivity contribution is 0.102. The van der Waals surface area contributed by atoms with Gasteiger partial charge in [-0.1, -0.05) is 50.2 Å². The normalized spacial score (nSPS) is 10.4. The van der Waals surface area contributed by atoms with Gasteiger partial charge in [-0.3, -0.25) is 4.79 Å². The summed E-state index contributed by atoms with van der Waals surface area (Å²) >= 11 is 0. The number of nitriles is 1. The molecule has 0 spiro atoms. The minimum Gasteiger partial charge on any atom is -0.370 e. The minimum absolute atomic E-state index is 0.252. The number of anilines is 2. The van der Waals surface area contributed by atoms with Gasteiger partial charge in [0.2, 0.25) is 0 Å². The van der Waals surface area contributed by atoms with E-state index < -0.39 is 0 Å². The summed E-state index contributed by atoms with van der Waals surface area (Å²) in [5.41, 5.74) is 2.10. The lowest BCUT2D eigenvalue weighted by Crippen LogP contribution is -2.16. The molecular weight excluding hydrogens is 350 g/mol. The van der Waals surface area contributed by atoms with Crippen LogP contribution in [0.5, 0.6) is 0 Å². The van der Waals surface area contributed by atoms with E-state index in [2.05, 4.69) is 40.5 Å². The Labute approximate surface area is 164 Å². The van der Waals surface area contributed by atoms with Crippen LogP contribution in [0.3, 0.4) is 0 Å². The van der Waals surface area contributed by atoms with Crippen molar-refractivity contribution in [3.05, 3.63) is 71.9 Å². The van der Waals surface area contributed by atoms with E-state index in [1.165, 1.54) is 0 Å². The summed E-state index contributed by atoms with van der Waals surface area (Å²) in [6.07, 6.45) is 0. The van der Waals surface area contributed by atoms with E-state index in [0.717, 1.165) is 12.1 Å². The van der Waals surface area contributed by atoms with Crippen molar-refractivity contribution in [1.29, 1.82) is 5.26 Å². The summed E-state index contributed by atoms with van der Waals surface area (Å²) in [7, 11) is 0. The van der Waals surface area contributed by atoms with E-state index in [4.69, 9.17) is 5.26 Å². The van der Waals surface area contributed by atoms with E-state index in [0.29, 0.717) is 28.8 Å². The van der Waals surface area contributed by atoms with Crippen LogP contribution in [0.25, 0.3) is 11.4 Å². The number of hydrogen-bond acceptors (Lipinski definition) is 5. The highest BCUT2D eigenvalue weighted by Gasteiger charge is 2.14. The van der Waals surface area contributed by atoms with Crippen molar-refractivity contribution in [3.8, 4) is 17.5 Å². The van der Waals surface area contributed by atoms with Crippen LogP contribution in [0, 0.1) is 17.2 Å². The van der Waals surface area contributed by atoms with Gasteiger partial charge in [0.25, 0.3) is 5.91 Å². The largest absolute Gasteiger partial charge is 0.370 e. The Morgan fingerprint density at radius 3 is 2.57 bits per heavy atom. The van der Waals surface area contributed by atoms with Gasteiger partial charge in [0.05, 0.1) is 11.6 Å². The van der Waals surface area contributed by atoms with E-state index >= 15 is 0 Å². The molecule has 2 N–H and O–H groups in total. The van der Waals surface area contributed by atoms with Gasteiger partial charge in [-0.25, -0.2) is 9.97 Å². The monoisotopic (exact) mass is 371 g/mol. The molecular formula is C22H21N5O. The maximum Gasteiger partial charge on any atom is 0.274 e. The number of benzene rings is 2. The molecule has 2 aromatic carbocycles. The molecule has 3 aromatic rings. The van der Waals surface area contributed by atoms with Gasteiger partial charge in [-0.05, 0) is 24.1 Å². The Hall–Kier alpha value is -3.72. The Balaban J connectivity index is 1.92. The molecule has 1 aromatic heterocycles. The molecule has 0 aliphatic rings. The molecule has 6 heteroatoms. The fraction of sp³-hybridized carbons (Fsp3) is 0.182. The predicted molar refractivity (Wildman–Crippen MR) is 110 cm³/mol. The van der Waals surface area contributed by atoms with E-state index in [9.17, 15) is 4.79 Å². The van der Waals surface area contributed by atoms with Crippen LogP contribution in [0.1, 0.15) is 29.9 Å². The lowest BCUT2D eigenvalue weighted by atomic mass is 10.2. The average Bonchev–Trinajstić information content (AvgIpc) is 2.72. The first-order valence-corrected chi connectivity index (χ1v) is 9.05. The molecule has 6 nitrogen and oxygen atoms in total. The summed E-state index contributed by atoms with van der Waals surface area (Å²) in [5, 5.41) is 15.1. The predicted octanol–water partition coefficient (Wildman–Crippen LogP) is 4.34. The maximum absolute atomic E-state index is 12.8. The lowest BCUT2D eigenvalue weighted by Gasteiger charge is -2.12. The summed E-state index contributed by atoms with van der Waals surface area (Å²) < 4.78 is 0. The van der Waals surface area contributed by atoms with Crippen LogP contribution in [-0.2, 0) is 0 Å². The van der Waals surface area contributed by atoms with Crippen molar-refractivity contribution in [2.45, 2.75) is 13.8 Å². The third kappa shape index (κ3) is 4.92. The van der Waals surface area contributed by atoms with Crippen LogP contribution in [-0.4, -0.2) is 22.4 Å². The molecule has 140 valence electrons. The van der Waals surface area contributed by atoms with Gasteiger partial charge in [0.1, 0.15) is 11.5 Å². The quantitative estimate of drug-likeness (QED) is 0.673. The highest BCUT2D eigenvalue weighted by molar-refractivity contribution is 6.03. The van der Waals surface area contributed by atoms with Crippen LogP contribution >= 0.6 is 0 Å². The van der Waals surface area contributed by atoms with Gasteiger partial charge in [-0.15, -0.1) is 0 Å². The number of rotatable bonds is 6. The van der Waals surface area contributed by atoms with Crippen molar-refractivity contribution in [2.24, 2.45) is 5.92 Å². The maximum atomic E-state index is 12.8. The molecule has 0 aliphatic carbocycles. The molecule has 0 bridgehead atoms. The number of aromatic nitrogens is 2. The molecule has 0 aliphatic heterocycles. The first kappa shape index (κ1) is 19.1. The van der Waals surface area contributed by atoms with Gasteiger partial charge in [0.15, 0.2) is 5.82 Å². The molecule has 1 heterocycles. The third-order valence-electron chi connectivity index (χ3n) is 3.93. The van der Waals surface area contributed by atoms with Crippen LogP contribution in [0.4, 0.5) is 11.5 Å². The summed E-state index contributed by atoms with van der Waals surface area (Å²) in [6.45, 7) is 4.93. The standard InChI is InChI=1S/C22H21N5O/c1-15(2)14-24-20-12-19(26-21(27-20)17-8-4-3-5-9-17)22(28)25-18-10-6-7-16(11-18)13-23/h3-12,15H,14H2,1-2H3,(H,25,28)(H,24,26,27). The first-order chi connectivity index (χ1) is 13.5. The van der Waals surface area contributed by atoms with Crippen molar-refractivity contribution >= 4 is 17.4 Å². The first-order valence-electron chi connectivity index (χ1n) is 9.05. The van der Waals surface area contributed by atoms with E-state index in [-0.39, 0.29) is 11.6 Å². The average molecular weight is 371 g/mol. The molecule has 3 rings (SSSR count). The van der Waals surface area contributed by atoms with Crippen molar-refractivity contribution in [1.82, 2.24) is 9.97 Å². The van der Waals surface area contributed by atoms with Crippen molar-refractivity contribution in [3.63, 3.8) is 0 Å². The SMILES string of the molecule is CC(C)CNc1cc(C(=O)Nc2cccc(C#N)c2)nc(-c2ccccc2)n1. The highest BCUT2D eigenvalue weighted by Crippen LogP contribution is 2.19. The van der Waals surface area contributed by atoms with Crippen LogP contribution in [0.2, 0.25) is 0 Å². The molecule has 0 fully saturated rings. The second-order valence-corrected chi connectivity index (χ2v) is 6.75. The fourth-order valence-electron chi connectivity index (χ4n) is 2.54. The number of hydrogen-bond donors (Lipinski definition) is 2. The topological polar surface area (TPSA) is 90.7 Å². The second kappa shape index (κ2) is 8.78. The molecule has 0 saturated carbocycles. The van der Waals surface area contributed by atoms with E-state index in [1.54, 1.807) is 30.3 Å². The summed E-state index contributed by atoms with van der Waals surface area (Å²) in [5.74, 6) is 1.15. The zero-order valence-corrected chi connectivity index (χ0v) is 15.8. The third-order valence-corrected chi connectivity index (χ3v) is 3.93. The molecule has 0 radical (unpaired) electrons. The van der Waals surface area contributed by atoms with Gasteiger partial charge in [-0.2, -0.15) is 5.26 Å². The molecule has 1 amide bonds. The number of nitrogens with one attached hydrogen (secondary N) is 2. The molecule has 0 saturated heterocycles. The number of carbonyl (C=O) groups excluding carboxylic acids is 1. The van der Waals surface area contributed by atoms with Crippen LogP contribution < -0.4 is 10.6 Å². The zero-order valence-electron chi connectivity index (χ0n) is 15.8. The number of amides is 1. The van der Waals surface area contributed by atoms with Crippen LogP contribution in [0.15, 0.2) is 60.7 Å². The van der Waals surface area contributed by atoms with Gasteiger partial charge in [0, 0.05) is 23.9 Å². The summed E-state index contributed by atoms with van der Waals surface area (Å²) in [6, 6.07) is 20.0. The summed E-state index contributed by atoms with van der Waals surface area (Å²) in [4.78, 5) is 21.8. The molecule has 28 heavy (non-hydrogen) atoms. The molecule has 0 unspecified atom stereocenters. The zero-order chi connectivity index (χ0) is 19.9. The van der Waals surface area contributed by atoms with Crippen molar-refractivity contribution < 1.29 is 4.79 Å². The van der Waals surface area contributed by atoms with E-state index in [1.807, 2.05) is 30.3 Å². The van der Waals surface area contributed by atoms with Gasteiger partial charge < -0.3 is 10.6 Å².